The van der Waals surface area contributed by atoms with Gasteiger partial charge in [-0.05, 0) is 13.5 Å². The van der Waals surface area contributed by atoms with E-state index < -0.39 is 4.92 Å². The zero-order chi connectivity index (χ0) is 15.0. The Kier molecular flexibility index (Phi) is 3.44. The van der Waals surface area contributed by atoms with E-state index in [1.54, 1.807) is 23.5 Å². The maximum Gasteiger partial charge on any atom is 0.270 e. The van der Waals surface area contributed by atoms with Crippen LogP contribution in [0.5, 0.6) is 0 Å². The second kappa shape index (κ2) is 5.27. The van der Waals surface area contributed by atoms with Gasteiger partial charge in [0.15, 0.2) is 4.96 Å². The molecule has 0 unspecified atom stereocenters. The van der Waals surface area contributed by atoms with Crippen LogP contribution in [0.15, 0.2) is 30.5 Å². The van der Waals surface area contributed by atoms with Gasteiger partial charge in [0.25, 0.3) is 5.69 Å². The number of nitrogens with two attached hydrogens (primary N) is 1. The molecule has 3 aromatic rings. The second-order valence-corrected chi connectivity index (χ2v) is 5.96. The first-order valence-electron chi connectivity index (χ1n) is 6.52. The molecule has 7 heteroatoms. The zero-order valence-electron chi connectivity index (χ0n) is 11.4. The van der Waals surface area contributed by atoms with Gasteiger partial charge in [-0.1, -0.05) is 12.1 Å². The highest BCUT2D eigenvalue weighted by molar-refractivity contribution is 7.17. The molecule has 0 aliphatic heterocycles. The smallest absolute Gasteiger partial charge is 0.270 e. The number of nitro benzene ring substituents is 1. The van der Waals surface area contributed by atoms with Gasteiger partial charge in [-0.25, -0.2) is 4.98 Å². The number of non-ortho nitro benzene ring substituents is 1. The Morgan fingerprint density at radius 2 is 2.29 bits per heavy atom. The molecule has 3 rings (SSSR count). The van der Waals surface area contributed by atoms with E-state index in [4.69, 9.17) is 5.73 Å². The predicted octanol–water partition coefficient (Wildman–Crippen LogP) is 2.78. The summed E-state index contributed by atoms with van der Waals surface area (Å²) in [6.45, 7) is 2.53. The minimum Gasteiger partial charge on any atom is -0.330 e. The van der Waals surface area contributed by atoms with Crippen LogP contribution in [0, 0.1) is 17.0 Å². The minimum absolute atomic E-state index is 0.0683. The standard InChI is InChI=1S/C14H14N4O2S/c1-9-8-17-12(5-6-15)13(16-14(17)21-9)10-3-2-4-11(7-10)18(19)20/h2-4,7-8H,5-6,15H2,1H3. The summed E-state index contributed by atoms with van der Waals surface area (Å²) >= 11 is 1.60. The molecule has 2 heterocycles. The van der Waals surface area contributed by atoms with Crippen molar-refractivity contribution >= 4 is 22.0 Å². The Labute approximate surface area is 125 Å². The molecule has 2 aromatic heterocycles. The van der Waals surface area contributed by atoms with Crippen LogP contribution in [0.2, 0.25) is 0 Å². The van der Waals surface area contributed by atoms with Crippen LogP contribution in [0.1, 0.15) is 10.6 Å². The number of rotatable bonds is 4. The number of aromatic nitrogens is 2. The van der Waals surface area contributed by atoms with Crippen molar-refractivity contribution in [1.29, 1.82) is 0 Å². The molecule has 0 fully saturated rings. The number of imidazole rings is 1. The van der Waals surface area contributed by atoms with Gasteiger partial charge in [-0.2, -0.15) is 0 Å². The Bertz CT molecular complexity index is 822. The van der Waals surface area contributed by atoms with Gasteiger partial charge in [-0.15, -0.1) is 11.3 Å². The Morgan fingerprint density at radius 1 is 1.48 bits per heavy atom. The number of hydrogen-bond donors (Lipinski definition) is 1. The van der Waals surface area contributed by atoms with Crippen LogP contribution in [-0.4, -0.2) is 20.9 Å². The molecule has 0 aliphatic rings. The Balaban J connectivity index is 2.19. The summed E-state index contributed by atoms with van der Waals surface area (Å²) < 4.78 is 2.03. The SMILES string of the molecule is Cc1cn2c(CCN)c(-c3cccc([N+](=O)[O-])c3)nc2s1. The molecule has 108 valence electrons. The van der Waals surface area contributed by atoms with Crippen molar-refractivity contribution < 1.29 is 4.92 Å². The van der Waals surface area contributed by atoms with Gasteiger partial charge in [0.05, 0.1) is 16.3 Å². The number of aryl methyl sites for hydroxylation is 1. The lowest BCUT2D eigenvalue weighted by atomic mass is 10.1. The van der Waals surface area contributed by atoms with Gasteiger partial charge >= 0.3 is 0 Å². The highest BCUT2D eigenvalue weighted by Crippen LogP contribution is 2.30. The molecule has 6 nitrogen and oxygen atoms in total. The molecular weight excluding hydrogens is 288 g/mol. The van der Waals surface area contributed by atoms with E-state index in [9.17, 15) is 10.1 Å². The molecule has 21 heavy (non-hydrogen) atoms. The van der Waals surface area contributed by atoms with E-state index in [1.807, 2.05) is 23.6 Å². The number of fused-ring (bicyclic) bond motifs is 1. The maximum atomic E-state index is 10.9. The summed E-state index contributed by atoms with van der Waals surface area (Å²) in [5.41, 5.74) is 8.29. The van der Waals surface area contributed by atoms with E-state index in [0.717, 1.165) is 21.9 Å². The minimum atomic E-state index is -0.394. The average molecular weight is 302 g/mol. The van der Waals surface area contributed by atoms with Crippen LogP contribution < -0.4 is 5.73 Å². The van der Waals surface area contributed by atoms with E-state index in [-0.39, 0.29) is 5.69 Å². The quantitative estimate of drug-likeness (QED) is 0.593. The average Bonchev–Trinajstić information content (AvgIpc) is 2.97. The van der Waals surface area contributed by atoms with Gasteiger partial charge < -0.3 is 5.73 Å². The molecule has 0 aliphatic carbocycles. The summed E-state index contributed by atoms with van der Waals surface area (Å²) in [5.74, 6) is 0. The lowest BCUT2D eigenvalue weighted by molar-refractivity contribution is -0.384. The third kappa shape index (κ3) is 2.41. The van der Waals surface area contributed by atoms with Crippen LogP contribution in [0.3, 0.4) is 0 Å². The van der Waals surface area contributed by atoms with Crippen molar-refractivity contribution in [2.75, 3.05) is 6.54 Å². The molecule has 2 N–H and O–H groups in total. The number of thiazole rings is 1. The van der Waals surface area contributed by atoms with Crippen LogP contribution in [-0.2, 0) is 6.42 Å². The summed E-state index contributed by atoms with van der Waals surface area (Å²) in [6.07, 6.45) is 2.70. The van der Waals surface area contributed by atoms with Crippen molar-refractivity contribution in [3.63, 3.8) is 0 Å². The molecule has 0 bridgehead atoms. The van der Waals surface area contributed by atoms with Crippen molar-refractivity contribution in [2.24, 2.45) is 5.73 Å². The van der Waals surface area contributed by atoms with Gasteiger partial charge in [-0.3, -0.25) is 14.5 Å². The van der Waals surface area contributed by atoms with Crippen molar-refractivity contribution in [2.45, 2.75) is 13.3 Å². The monoisotopic (exact) mass is 302 g/mol. The second-order valence-electron chi connectivity index (χ2n) is 4.75. The van der Waals surface area contributed by atoms with E-state index in [0.29, 0.717) is 13.0 Å². The predicted molar refractivity (Wildman–Crippen MR) is 82.7 cm³/mol. The Hall–Kier alpha value is -2.25. The molecule has 0 amide bonds. The normalized spacial score (nSPS) is 11.1. The van der Waals surface area contributed by atoms with E-state index >= 15 is 0 Å². The topological polar surface area (TPSA) is 86.5 Å². The molecule has 0 saturated carbocycles. The lowest BCUT2D eigenvalue weighted by Gasteiger charge is -2.03. The molecule has 0 spiro atoms. The van der Waals surface area contributed by atoms with Gasteiger partial charge in [0.1, 0.15) is 0 Å². The molecule has 1 aromatic carbocycles. The zero-order valence-corrected chi connectivity index (χ0v) is 12.3. The molecule has 0 radical (unpaired) electrons. The fourth-order valence-electron chi connectivity index (χ4n) is 2.37. The highest BCUT2D eigenvalue weighted by atomic mass is 32.1. The first-order valence-corrected chi connectivity index (χ1v) is 7.34. The van der Waals surface area contributed by atoms with Crippen molar-refractivity contribution in [1.82, 2.24) is 9.38 Å². The summed E-state index contributed by atoms with van der Waals surface area (Å²) in [7, 11) is 0. The fourth-order valence-corrected chi connectivity index (χ4v) is 3.22. The number of benzene rings is 1. The van der Waals surface area contributed by atoms with Gasteiger partial charge in [0, 0.05) is 35.2 Å². The number of nitrogens with zero attached hydrogens (tertiary/aromatic N) is 3. The fraction of sp³-hybridized carbons (Fsp3) is 0.214. The van der Waals surface area contributed by atoms with E-state index in [1.165, 1.54) is 10.9 Å². The first-order chi connectivity index (χ1) is 10.1. The largest absolute Gasteiger partial charge is 0.330 e. The van der Waals surface area contributed by atoms with Gasteiger partial charge in [0.2, 0.25) is 0 Å². The molecular formula is C14H14N4O2S. The summed E-state index contributed by atoms with van der Waals surface area (Å²) in [4.78, 5) is 17.2. The third-order valence-corrected chi connectivity index (χ3v) is 4.15. The number of hydrogen-bond acceptors (Lipinski definition) is 5. The van der Waals surface area contributed by atoms with Crippen LogP contribution in [0.4, 0.5) is 5.69 Å². The van der Waals surface area contributed by atoms with Crippen molar-refractivity contribution in [3.05, 3.63) is 51.1 Å². The summed E-state index contributed by atoms with van der Waals surface area (Å²) in [5, 5.41) is 10.9. The molecule has 0 atom stereocenters. The summed E-state index contributed by atoms with van der Waals surface area (Å²) in [6, 6.07) is 6.55. The molecule has 0 saturated heterocycles. The van der Waals surface area contributed by atoms with Crippen LogP contribution in [0.25, 0.3) is 16.2 Å². The van der Waals surface area contributed by atoms with Crippen molar-refractivity contribution in [3.8, 4) is 11.3 Å². The third-order valence-electron chi connectivity index (χ3n) is 3.25. The maximum absolute atomic E-state index is 10.9. The number of nitro groups is 1. The van der Waals surface area contributed by atoms with Crippen LogP contribution >= 0.6 is 11.3 Å². The Morgan fingerprint density at radius 3 is 3.00 bits per heavy atom. The van der Waals surface area contributed by atoms with E-state index in [2.05, 4.69) is 4.98 Å². The lowest BCUT2D eigenvalue weighted by Crippen LogP contribution is -2.05. The highest BCUT2D eigenvalue weighted by Gasteiger charge is 2.17. The first kappa shape index (κ1) is 13.7.